The van der Waals surface area contributed by atoms with Crippen LogP contribution in [-0.4, -0.2) is 17.5 Å². The Labute approximate surface area is 197 Å². The molecule has 0 radical (unpaired) electrons. The van der Waals surface area contributed by atoms with Gasteiger partial charge in [-0.05, 0) is 121 Å². The number of aliphatic hydroxyl groups excluding tert-OH is 1. The highest BCUT2D eigenvalue weighted by Gasteiger charge is 2.70. The van der Waals surface area contributed by atoms with Crippen LogP contribution in [0.3, 0.4) is 0 Å². The summed E-state index contributed by atoms with van der Waals surface area (Å²) in [6, 6.07) is 0. The largest absolute Gasteiger partial charge is 0.393 e. The van der Waals surface area contributed by atoms with Crippen molar-refractivity contribution in [2.24, 2.45) is 62.6 Å². The average Bonchev–Trinajstić information content (AvgIpc) is 3.12. The normalized spacial score (nSPS) is 56.7. The molecule has 5 aliphatic carbocycles. The Balaban J connectivity index is 1.55. The number of hydrogen-bond acceptors (Lipinski definition) is 2. The molecule has 182 valence electrons. The Hall–Kier alpha value is -0.370. The molecule has 0 bridgehead atoms. The topological polar surface area (TPSA) is 37.3 Å². The van der Waals surface area contributed by atoms with Gasteiger partial charge in [0.05, 0.1) is 6.10 Å². The zero-order valence-corrected chi connectivity index (χ0v) is 22.0. The van der Waals surface area contributed by atoms with E-state index in [0.29, 0.717) is 39.9 Å². The van der Waals surface area contributed by atoms with Crippen molar-refractivity contribution >= 4 is 6.29 Å². The summed E-state index contributed by atoms with van der Waals surface area (Å²) in [6.45, 7) is 17.5. The fourth-order valence-electron chi connectivity index (χ4n) is 11.6. The monoisotopic (exact) mass is 442 g/mol. The van der Waals surface area contributed by atoms with Gasteiger partial charge in [-0.15, -0.1) is 0 Å². The number of aliphatic hydroxyl groups is 1. The van der Waals surface area contributed by atoms with E-state index >= 15 is 0 Å². The predicted molar refractivity (Wildman–Crippen MR) is 131 cm³/mol. The first kappa shape index (κ1) is 23.4. The van der Waals surface area contributed by atoms with E-state index in [1.165, 1.54) is 51.2 Å². The molecule has 0 amide bonds. The van der Waals surface area contributed by atoms with Gasteiger partial charge in [-0.1, -0.05) is 48.5 Å². The van der Waals surface area contributed by atoms with Crippen molar-refractivity contribution in [1.82, 2.24) is 0 Å². The molecule has 0 saturated heterocycles. The molecule has 5 saturated carbocycles. The minimum absolute atomic E-state index is 0.0273. The van der Waals surface area contributed by atoms with Crippen molar-refractivity contribution in [1.29, 1.82) is 0 Å². The highest BCUT2D eigenvalue weighted by atomic mass is 16.3. The first-order valence-corrected chi connectivity index (χ1v) is 14.0. The fourth-order valence-corrected chi connectivity index (χ4v) is 11.6. The lowest BCUT2D eigenvalue weighted by molar-refractivity contribution is -0.246. The van der Waals surface area contributed by atoms with E-state index in [4.69, 9.17) is 0 Å². The molecule has 0 spiro atoms. The van der Waals surface area contributed by atoms with Crippen molar-refractivity contribution in [3.63, 3.8) is 0 Å². The maximum absolute atomic E-state index is 12.6. The van der Waals surface area contributed by atoms with Crippen molar-refractivity contribution in [2.75, 3.05) is 0 Å². The van der Waals surface area contributed by atoms with Crippen LogP contribution in [0.15, 0.2) is 0 Å². The average molecular weight is 443 g/mol. The maximum Gasteiger partial charge on any atom is 0.126 e. The Kier molecular flexibility index (Phi) is 5.17. The maximum atomic E-state index is 12.6. The molecule has 1 N–H and O–H groups in total. The van der Waals surface area contributed by atoms with Gasteiger partial charge in [0.1, 0.15) is 6.29 Å². The van der Waals surface area contributed by atoms with E-state index in [2.05, 4.69) is 48.5 Å². The van der Waals surface area contributed by atoms with Crippen LogP contribution >= 0.6 is 0 Å². The van der Waals surface area contributed by atoms with Crippen molar-refractivity contribution in [3.05, 3.63) is 0 Å². The minimum atomic E-state index is -0.148. The number of fused-ring (bicyclic) bond motifs is 7. The summed E-state index contributed by atoms with van der Waals surface area (Å²) in [6.07, 6.45) is 13.5. The van der Waals surface area contributed by atoms with E-state index in [1.807, 2.05) is 0 Å². The first-order chi connectivity index (χ1) is 14.9. The zero-order valence-electron chi connectivity index (χ0n) is 22.0. The second-order valence-electron chi connectivity index (χ2n) is 14.9. The van der Waals surface area contributed by atoms with Crippen LogP contribution in [0.2, 0.25) is 0 Å². The smallest absolute Gasteiger partial charge is 0.126 e. The molecule has 5 unspecified atom stereocenters. The third-order valence-electron chi connectivity index (χ3n) is 13.6. The lowest BCUT2D eigenvalue weighted by atomic mass is 9.32. The molecular formula is C30H50O2. The summed E-state index contributed by atoms with van der Waals surface area (Å²) < 4.78 is 0. The molecule has 32 heavy (non-hydrogen) atoms. The van der Waals surface area contributed by atoms with Crippen molar-refractivity contribution < 1.29 is 9.90 Å². The lowest BCUT2D eigenvalue weighted by Crippen LogP contribution is -2.66. The van der Waals surface area contributed by atoms with Gasteiger partial charge in [0.2, 0.25) is 0 Å². The molecule has 0 aromatic heterocycles. The highest BCUT2D eigenvalue weighted by Crippen LogP contribution is 2.77. The van der Waals surface area contributed by atoms with Crippen LogP contribution in [-0.2, 0) is 4.79 Å². The van der Waals surface area contributed by atoms with Crippen molar-refractivity contribution in [3.8, 4) is 0 Å². The summed E-state index contributed by atoms with van der Waals surface area (Å²) in [5.74, 6) is 4.10. The van der Waals surface area contributed by atoms with E-state index in [1.54, 1.807) is 0 Å². The second kappa shape index (κ2) is 7.08. The van der Waals surface area contributed by atoms with Gasteiger partial charge < -0.3 is 9.90 Å². The van der Waals surface area contributed by atoms with Gasteiger partial charge in [-0.2, -0.15) is 0 Å². The van der Waals surface area contributed by atoms with Crippen LogP contribution in [0.5, 0.6) is 0 Å². The Morgan fingerprint density at radius 1 is 0.781 bits per heavy atom. The summed E-state index contributed by atoms with van der Waals surface area (Å²) in [5.41, 5.74) is 1.05. The molecule has 5 aliphatic rings. The zero-order chi connectivity index (χ0) is 23.3. The molecule has 2 heteroatoms. The Morgan fingerprint density at radius 3 is 2.16 bits per heavy atom. The fraction of sp³-hybridized carbons (Fsp3) is 0.967. The van der Waals surface area contributed by atoms with Crippen LogP contribution in [0.1, 0.15) is 113 Å². The molecule has 5 rings (SSSR count). The van der Waals surface area contributed by atoms with Crippen LogP contribution in [0, 0.1) is 62.6 Å². The molecule has 10 atom stereocenters. The van der Waals surface area contributed by atoms with E-state index in [9.17, 15) is 9.90 Å². The van der Waals surface area contributed by atoms with Crippen LogP contribution in [0.4, 0.5) is 0 Å². The van der Waals surface area contributed by atoms with Crippen LogP contribution in [0.25, 0.3) is 0 Å². The predicted octanol–water partition coefficient (Wildman–Crippen LogP) is 7.28. The molecule has 0 aromatic carbocycles. The first-order valence-electron chi connectivity index (χ1n) is 14.0. The summed E-state index contributed by atoms with van der Waals surface area (Å²) in [4.78, 5) is 12.6. The van der Waals surface area contributed by atoms with E-state index < -0.39 is 0 Å². The minimum Gasteiger partial charge on any atom is -0.393 e. The van der Waals surface area contributed by atoms with Gasteiger partial charge >= 0.3 is 0 Å². The number of aldehydes is 1. The van der Waals surface area contributed by atoms with Gasteiger partial charge in [-0.3, -0.25) is 0 Å². The quantitative estimate of drug-likeness (QED) is 0.456. The number of carbonyl (C=O) groups is 1. The van der Waals surface area contributed by atoms with E-state index in [-0.39, 0.29) is 16.9 Å². The van der Waals surface area contributed by atoms with Crippen LogP contribution < -0.4 is 0 Å². The number of rotatable bonds is 2. The van der Waals surface area contributed by atoms with Gasteiger partial charge in [0, 0.05) is 5.41 Å². The summed E-state index contributed by atoms with van der Waals surface area (Å²) in [7, 11) is 0. The molecular weight excluding hydrogens is 392 g/mol. The Morgan fingerprint density at radius 2 is 1.50 bits per heavy atom. The highest BCUT2D eigenvalue weighted by molar-refractivity contribution is 5.61. The Bertz CT molecular complexity index is 771. The van der Waals surface area contributed by atoms with Crippen molar-refractivity contribution in [2.45, 2.75) is 119 Å². The number of hydrogen-bond donors (Lipinski definition) is 1. The van der Waals surface area contributed by atoms with Gasteiger partial charge in [0.15, 0.2) is 0 Å². The van der Waals surface area contributed by atoms with Gasteiger partial charge in [-0.25, -0.2) is 0 Å². The standard InChI is InChI=1S/C30H50O2/c1-19(2)20-10-15-30(18-31)17-16-28(6)21(25(20)30)8-9-23-27(5)13-12-24(32)26(3,4)22(27)11-14-29(23,28)7/h18-25,32H,8-17H2,1-7H3/t20?,21?,22?,23?,24-,25?,27-,28+,29+,30+/m0/s1. The second-order valence-corrected chi connectivity index (χ2v) is 14.9. The lowest BCUT2D eigenvalue weighted by Gasteiger charge is -2.72. The molecule has 0 aliphatic heterocycles. The molecule has 0 heterocycles. The molecule has 0 aromatic rings. The van der Waals surface area contributed by atoms with E-state index in [0.717, 1.165) is 31.1 Å². The SMILES string of the molecule is CC(C)C1CC[C@]2(C=O)CC[C@]3(C)C(CCC4[C@@]5(C)CC[C@H](O)C(C)(C)C5CC[C@]43C)C12. The summed E-state index contributed by atoms with van der Waals surface area (Å²) >= 11 is 0. The molecule has 5 fully saturated rings. The van der Waals surface area contributed by atoms with Gasteiger partial charge in [0.25, 0.3) is 0 Å². The summed E-state index contributed by atoms with van der Waals surface area (Å²) in [5, 5.41) is 10.9. The third kappa shape index (κ3) is 2.66. The third-order valence-corrected chi connectivity index (χ3v) is 13.6. The molecule has 2 nitrogen and oxygen atoms in total. The number of carbonyl (C=O) groups excluding carboxylic acids is 1.